The summed E-state index contributed by atoms with van der Waals surface area (Å²) in [7, 11) is 0. The van der Waals surface area contributed by atoms with Gasteiger partial charge in [0, 0.05) is 18.0 Å². The van der Waals surface area contributed by atoms with Gasteiger partial charge in [0.15, 0.2) is 0 Å². The number of pyridine rings is 1. The summed E-state index contributed by atoms with van der Waals surface area (Å²) in [5.74, 6) is 0.459. The highest BCUT2D eigenvalue weighted by Gasteiger charge is 1.96. The zero-order chi connectivity index (χ0) is 11.4. The molecule has 0 unspecified atom stereocenters. The number of benzene rings is 1. The first kappa shape index (κ1) is 10.2. The van der Waals surface area contributed by atoms with Crippen LogP contribution in [0.5, 0.6) is 0 Å². The molecule has 16 heavy (non-hydrogen) atoms. The van der Waals surface area contributed by atoms with E-state index in [-0.39, 0.29) is 0 Å². The van der Waals surface area contributed by atoms with Crippen molar-refractivity contribution in [2.75, 3.05) is 11.5 Å². The molecule has 1 aromatic heterocycles. The molecule has 0 saturated carbocycles. The van der Waals surface area contributed by atoms with Gasteiger partial charge >= 0.3 is 0 Å². The van der Waals surface area contributed by atoms with E-state index in [4.69, 9.17) is 11.5 Å². The molecule has 0 saturated heterocycles. The average molecular weight is 212 g/mol. The number of nitrogens with zero attached hydrogens (tertiary/aromatic N) is 2. The Morgan fingerprint density at radius 1 is 1.06 bits per heavy atom. The minimum atomic E-state index is 0.459. The fourth-order valence-electron chi connectivity index (χ4n) is 1.28. The number of aliphatic imine (C=N–C) groups is 1. The number of para-hydroxylation sites is 2. The molecule has 0 aliphatic carbocycles. The number of aromatic nitrogens is 1. The molecule has 4 nitrogen and oxygen atoms in total. The first-order valence-electron chi connectivity index (χ1n) is 4.86. The zero-order valence-corrected chi connectivity index (χ0v) is 8.67. The Morgan fingerprint density at radius 2 is 1.88 bits per heavy atom. The van der Waals surface area contributed by atoms with E-state index in [1.165, 1.54) is 0 Å². The van der Waals surface area contributed by atoms with Crippen LogP contribution in [-0.2, 0) is 0 Å². The first-order chi connectivity index (χ1) is 7.77. The van der Waals surface area contributed by atoms with E-state index >= 15 is 0 Å². The van der Waals surface area contributed by atoms with Crippen molar-refractivity contribution in [1.82, 2.24) is 4.98 Å². The summed E-state index contributed by atoms with van der Waals surface area (Å²) in [5, 5.41) is 0. The van der Waals surface area contributed by atoms with Crippen molar-refractivity contribution in [3.8, 4) is 0 Å². The SMILES string of the molecule is Nc1ccccc1N=Cc1cccnc1N. The first-order valence-corrected chi connectivity index (χ1v) is 4.86. The number of nitrogen functional groups attached to an aromatic ring is 2. The molecule has 4 N–H and O–H groups in total. The minimum absolute atomic E-state index is 0.459. The molecule has 80 valence electrons. The third-order valence-corrected chi connectivity index (χ3v) is 2.15. The maximum absolute atomic E-state index is 5.76. The van der Waals surface area contributed by atoms with Gasteiger partial charge in [0.25, 0.3) is 0 Å². The molecule has 0 atom stereocenters. The Kier molecular flexibility index (Phi) is 2.82. The van der Waals surface area contributed by atoms with Crippen LogP contribution in [-0.4, -0.2) is 11.2 Å². The molecule has 0 aliphatic heterocycles. The Morgan fingerprint density at radius 3 is 2.62 bits per heavy atom. The predicted molar refractivity (Wildman–Crippen MR) is 66.8 cm³/mol. The van der Waals surface area contributed by atoms with Crippen LogP contribution < -0.4 is 11.5 Å². The summed E-state index contributed by atoms with van der Waals surface area (Å²) < 4.78 is 0. The van der Waals surface area contributed by atoms with Gasteiger partial charge in [-0.15, -0.1) is 0 Å². The molecular formula is C12H12N4. The number of hydrogen-bond acceptors (Lipinski definition) is 4. The van der Waals surface area contributed by atoms with Gasteiger partial charge in [0.2, 0.25) is 0 Å². The normalized spacial score (nSPS) is 10.8. The fraction of sp³-hybridized carbons (Fsp3) is 0. The van der Waals surface area contributed by atoms with Crippen LogP contribution in [0.25, 0.3) is 0 Å². The van der Waals surface area contributed by atoms with Gasteiger partial charge in [-0.3, -0.25) is 4.99 Å². The predicted octanol–water partition coefficient (Wildman–Crippen LogP) is 2.00. The van der Waals surface area contributed by atoms with Gasteiger partial charge in [-0.05, 0) is 24.3 Å². The maximum Gasteiger partial charge on any atom is 0.132 e. The molecular weight excluding hydrogens is 200 g/mol. The van der Waals surface area contributed by atoms with Gasteiger partial charge in [0.05, 0.1) is 11.4 Å². The molecule has 2 rings (SSSR count). The number of nitrogens with two attached hydrogens (primary N) is 2. The third-order valence-electron chi connectivity index (χ3n) is 2.15. The Hall–Kier alpha value is -2.36. The summed E-state index contributed by atoms with van der Waals surface area (Å²) in [6, 6.07) is 11.1. The van der Waals surface area contributed by atoms with E-state index in [1.807, 2.05) is 30.3 Å². The lowest BCUT2D eigenvalue weighted by atomic mass is 10.2. The standard InChI is InChI=1S/C12H12N4/c13-10-5-1-2-6-11(10)16-8-9-4-3-7-15-12(9)14/h1-8H,13H2,(H2,14,15). The van der Waals surface area contributed by atoms with Gasteiger partial charge in [-0.2, -0.15) is 0 Å². The summed E-state index contributed by atoms with van der Waals surface area (Å²) in [5.41, 5.74) is 13.6. The van der Waals surface area contributed by atoms with Crippen molar-refractivity contribution >= 4 is 23.4 Å². The topological polar surface area (TPSA) is 77.3 Å². The highest BCUT2D eigenvalue weighted by Crippen LogP contribution is 2.20. The van der Waals surface area contributed by atoms with Gasteiger partial charge in [0.1, 0.15) is 5.82 Å². The molecule has 0 aliphatic rings. The fourth-order valence-corrected chi connectivity index (χ4v) is 1.28. The van der Waals surface area contributed by atoms with Crippen LogP contribution >= 0.6 is 0 Å². The van der Waals surface area contributed by atoms with E-state index in [0.29, 0.717) is 11.5 Å². The Balaban J connectivity index is 2.29. The summed E-state index contributed by atoms with van der Waals surface area (Å²) in [6.07, 6.45) is 3.30. The van der Waals surface area contributed by atoms with Crippen LogP contribution in [0.4, 0.5) is 17.2 Å². The van der Waals surface area contributed by atoms with Crippen molar-refractivity contribution in [3.63, 3.8) is 0 Å². The number of anilines is 2. The van der Waals surface area contributed by atoms with Gasteiger partial charge < -0.3 is 11.5 Å². The van der Waals surface area contributed by atoms with E-state index in [9.17, 15) is 0 Å². The second-order valence-corrected chi connectivity index (χ2v) is 3.29. The highest BCUT2D eigenvalue weighted by atomic mass is 14.8. The average Bonchev–Trinajstić information content (AvgIpc) is 2.30. The molecule has 0 spiro atoms. The second kappa shape index (κ2) is 4.44. The monoisotopic (exact) mass is 212 g/mol. The molecule has 0 amide bonds. The summed E-state index contributed by atoms with van der Waals surface area (Å²) in [4.78, 5) is 8.24. The maximum atomic E-state index is 5.76. The second-order valence-electron chi connectivity index (χ2n) is 3.29. The van der Waals surface area contributed by atoms with Crippen LogP contribution in [0.3, 0.4) is 0 Å². The third kappa shape index (κ3) is 2.17. The largest absolute Gasteiger partial charge is 0.397 e. The van der Waals surface area contributed by atoms with Crippen molar-refractivity contribution in [3.05, 3.63) is 48.2 Å². The summed E-state index contributed by atoms with van der Waals surface area (Å²) >= 11 is 0. The highest BCUT2D eigenvalue weighted by molar-refractivity contribution is 5.88. The van der Waals surface area contributed by atoms with Crippen LogP contribution in [0, 0.1) is 0 Å². The smallest absolute Gasteiger partial charge is 0.132 e. The van der Waals surface area contributed by atoms with Crippen LogP contribution in [0.2, 0.25) is 0 Å². The molecule has 2 aromatic rings. The quantitative estimate of drug-likeness (QED) is 0.590. The van der Waals surface area contributed by atoms with Crippen molar-refractivity contribution in [2.24, 2.45) is 4.99 Å². The lowest BCUT2D eigenvalue weighted by Crippen LogP contribution is -1.95. The van der Waals surface area contributed by atoms with Gasteiger partial charge in [-0.25, -0.2) is 4.98 Å². The van der Waals surface area contributed by atoms with E-state index in [2.05, 4.69) is 9.98 Å². The molecule has 0 radical (unpaired) electrons. The lowest BCUT2D eigenvalue weighted by molar-refractivity contribution is 1.33. The molecule has 1 heterocycles. The number of hydrogen-bond donors (Lipinski definition) is 2. The lowest BCUT2D eigenvalue weighted by Gasteiger charge is -1.99. The van der Waals surface area contributed by atoms with E-state index < -0.39 is 0 Å². The molecule has 0 bridgehead atoms. The van der Waals surface area contributed by atoms with Crippen molar-refractivity contribution < 1.29 is 0 Å². The molecule has 1 aromatic carbocycles. The Bertz CT molecular complexity index is 472. The van der Waals surface area contributed by atoms with Crippen molar-refractivity contribution in [1.29, 1.82) is 0 Å². The zero-order valence-electron chi connectivity index (χ0n) is 8.67. The van der Waals surface area contributed by atoms with E-state index in [1.54, 1.807) is 18.5 Å². The molecule has 4 heteroatoms. The van der Waals surface area contributed by atoms with Crippen molar-refractivity contribution in [2.45, 2.75) is 0 Å². The van der Waals surface area contributed by atoms with Gasteiger partial charge in [-0.1, -0.05) is 12.1 Å². The minimum Gasteiger partial charge on any atom is -0.397 e. The molecule has 0 fully saturated rings. The summed E-state index contributed by atoms with van der Waals surface area (Å²) in [6.45, 7) is 0. The van der Waals surface area contributed by atoms with Crippen LogP contribution in [0.15, 0.2) is 47.6 Å². The number of rotatable bonds is 2. The Labute approximate surface area is 93.6 Å². The van der Waals surface area contributed by atoms with E-state index in [0.717, 1.165) is 11.3 Å². The van der Waals surface area contributed by atoms with Crippen LogP contribution in [0.1, 0.15) is 5.56 Å².